The predicted octanol–water partition coefficient (Wildman–Crippen LogP) is -2.05. The molecule has 56 valence electrons. The minimum atomic E-state index is -0.451. The quantitative estimate of drug-likeness (QED) is 0.240. The van der Waals surface area contributed by atoms with Gasteiger partial charge >= 0.3 is 66.5 Å². The molecule has 0 heterocycles. The van der Waals surface area contributed by atoms with Crippen LogP contribution in [0.4, 0.5) is 0 Å². The van der Waals surface area contributed by atoms with Gasteiger partial charge in [-0.25, -0.2) is 0 Å². The molecular formula is C5H11INO2-. The fourth-order valence-corrected chi connectivity index (χ4v) is 1.16. The number of rotatable bonds is 5. The molecule has 0 aliphatic carbocycles. The predicted molar refractivity (Wildman–Crippen MR) is 30.7 cm³/mol. The SMILES string of the molecule is C=CO[I-]N(C)OCC. The number of halogens is 1. The van der Waals surface area contributed by atoms with E-state index in [4.69, 9.17) is 7.90 Å². The molecule has 0 unspecified atom stereocenters. The molecule has 0 fully saturated rings. The molecule has 0 bridgehead atoms. The first-order valence-electron chi connectivity index (χ1n) is 2.59. The molecule has 0 radical (unpaired) electrons. The number of nitrogens with zero attached hydrogens (tertiary/aromatic N) is 1. The van der Waals surface area contributed by atoms with Crippen LogP contribution >= 0.6 is 0 Å². The third kappa shape index (κ3) is 6.07. The third-order valence-electron chi connectivity index (χ3n) is 0.507. The molecule has 0 rings (SSSR count). The summed E-state index contributed by atoms with van der Waals surface area (Å²) in [6.07, 6.45) is 1.43. The van der Waals surface area contributed by atoms with Crippen molar-refractivity contribution in [2.24, 2.45) is 0 Å². The molecule has 0 saturated heterocycles. The van der Waals surface area contributed by atoms with Crippen LogP contribution in [-0.2, 0) is 7.90 Å². The van der Waals surface area contributed by atoms with Crippen LogP contribution in [0.25, 0.3) is 0 Å². The van der Waals surface area contributed by atoms with E-state index in [-0.39, 0.29) is 0 Å². The molecular weight excluding hydrogens is 233 g/mol. The number of hydroxylamine groups is 1. The van der Waals surface area contributed by atoms with Gasteiger partial charge in [0.2, 0.25) is 0 Å². The summed E-state index contributed by atoms with van der Waals surface area (Å²) < 4.78 is 6.63. The van der Waals surface area contributed by atoms with Gasteiger partial charge in [-0.1, -0.05) is 0 Å². The van der Waals surface area contributed by atoms with E-state index in [1.54, 1.807) is 3.28 Å². The molecule has 0 atom stereocenters. The van der Waals surface area contributed by atoms with Crippen LogP contribution in [0, 0.1) is 0 Å². The maximum atomic E-state index is 5.05. The van der Waals surface area contributed by atoms with Gasteiger partial charge in [0.25, 0.3) is 0 Å². The number of hydrogen-bond acceptors (Lipinski definition) is 3. The van der Waals surface area contributed by atoms with Crippen LogP contribution in [0.5, 0.6) is 0 Å². The Kier molecular flexibility index (Phi) is 6.45. The Bertz CT molecular complexity index is 79.4. The van der Waals surface area contributed by atoms with Crippen LogP contribution in [-0.4, -0.2) is 16.9 Å². The Morgan fingerprint density at radius 1 is 1.78 bits per heavy atom. The molecule has 0 amide bonds. The van der Waals surface area contributed by atoms with E-state index in [1.165, 1.54) is 6.26 Å². The fraction of sp³-hybridized carbons (Fsp3) is 0.600. The van der Waals surface area contributed by atoms with Gasteiger partial charge in [0.05, 0.1) is 0 Å². The van der Waals surface area contributed by atoms with E-state index in [9.17, 15) is 0 Å². The van der Waals surface area contributed by atoms with Crippen molar-refractivity contribution >= 4 is 0 Å². The van der Waals surface area contributed by atoms with Crippen LogP contribution in [0.3, 0.4) is 0 Å². The Labute approximate surface area is 66.7 Å². The van der Waals surface area contributed by atoms with Gasteiger partial charge in [-0.2, -0.15) is 0 Å². The van der Waals surface area contributed by atoms with Crippen molar-refractivity contribution < 1.29 is 29.8 Å². The summed E-state index contributed by atoms with van der Waals surface area (Å²) in [4.78, 5) is 5.05. The fourth-order valence-electron chi connectivity index (χ4n) is 0.282. The van der Waals surface area contributed by atoms with E-state index in [2.05, 4.69) is 6.58 Å². The normalized spacial score (nSPS) is 10.1. The van der Waals surface area contributed by atoms with Crippen LogP contribution in [0.2, 0.25) is 0 Å². The van der Waals surface area contributed by atoms with Gasteiger partial charge in [-0.05, 0) is 0 Å². The summed E-state index contributed by atoms with van der Waals surface area (Å²) in [5, 5.41) is 0. The molecule has 0 spiro atoms. The van der Waals surface area contributed by atoms with Gasteiger partial charge in [0.15, 0.2) is 0 Å². The molecule has 0 aromatic heterocycles. The first-order valence-corrected chi connectivity index (χ1v) is 4.44. The van der Waals surface area contributed by atoms with Crippen molar-refractivity contribution in [3.05, 3.63) is 12.8 Å². The van der Waals surface area contributed by atoms with Gasteiger partial charge < -0.3 is 0 Å². The molecule has 0 aromatic rings. The molecule has 4 heteroatoms. The summed E-state index contributed by atoms with van der Waals surface area (Å²) in [5.74, 6) is 0. The zero-order valence-corrected chi connectivity index (χ0v) is 7.79. The van der Waals surface area contributed by atoms with Crippen molar-refractivity contribution in [3.63, 3.8) is 0 Å². The summed E-state index contributed by atoms with van der Waals surface area (Å²) in [7, 11) is 1.85. The molecule has 0 aliphatic heterocycles. The standard InChI is InChI=1S/C5H11INO2/c1-4-8-6-7(3)9-5-2/h4H,1,5H2,2-3H3/q-1. The molecule has 0 aliphatic rings. The van der Waals surface area contributed by atoms with Gasteiger partial charge in [-0.3, -0.25) is 0 Å². The third-order valence-corrected chi connectivity index (χ3v) is 1.93. The minimum absolute atomic E-state index is 0.451. The molecule has 9 heavy (non-hydrogen) atoms. The first-order chi connectivity index (χ1) is 4.31. The van der Waals surface area contributed by atoms with E-state index >= 15 is 0 Å². The Morgan fingerprint density at radius 2 is 2.44 bits per heavy atom. The second-order valence-corrected chi connectivity index (χ2v) is 3.42. The van der Waals surface area contributed by atoms with E-state index in [0.29, 0.717) is 6.61 Å². The summed E-state index contributed by atoms with van der Waals surface area (Å²) in [6, 6.07) is 0. The van der Waals surface area contributed by atoms with Crippen molar-refractivity contribution in [2.45, 2.75) is 6.92 Å². The van der Waals surface area contributed by atoms with Crippen molar-refractivity contribution in [1.82, 2.24) is 3.28 Å². The summed E-state index contributed by atoms with van der Waals surface area (Å²) >= 11 is -0.451. The maximum absolute atomic E-state index is 5.05. The summed E-state index contributed by atoms with van der Waals surface area (Å²) in [6.45, 7) is 6.05. The Balaban J connectivity index is 3.04. The van der Waals surface area contributed by atoms with E-state index < -0.39 is 21.9 Å². The second-order valence-electron chi connectivity index (χ2n) is 1.16. The van der Waals surface area contributed by atoms with Crippen molar-refractivity contribution in [1.29, 1.82) is 0 Å². The Morgan fingerprint density at radius 3 is 2.89 bits per heavy atom. The van der Waals surface area contributed by atoms with Crippen LogP contribution < -0.4 is 21.9 Å². The first kappa shape index (κ1) is 9.19. The average Bonchev–Trinajstić information content (AvgIpc) is 1.85. The zero-order chi connectivity index (χ0) is 7.11. The van der Waals surface area contributed by atoms with Crippen LogP contribution in [0.15, 0.2) is 12.8 Å². The van der Waals surface area contributed by atoms with E-state index in [1.807, 2.05) is 14.0 Å². The molecule has 3 nitrogen and oxygen atoms in total. The van der Waals surface area contributed by atoms with Gasteiger partial charge in [0, 0.05) is 0 Å². The van der Waals surface area contributed by atoms with E-state index in [0.717, 1.165) is 0 Å². The molecule has 0 saturated carbocycles. The summed E-state index contributed by atoms with van der Waals surface area (Å²) in [5.41, 5.74) is 0. The van der Waals surface area contributed by atoms with Gasteiger partial charge in [0.1, 0.15) is 0 Å². The van der Waals surface area contributed by atoms with Crippen molar-refractivity contribution in [3.8, 4) is 0 Å². The zero-order valence-electron chi connectivity index (χ0n) is 5.63. The van der Waals surface area contributed by atoms with Gasteiger partial charge in [-0.15, -0.1) is 0 Å². The molecule has 0 aromatic carbocycles. The second kappa shape index (κ2) is 6.31. The van der Waals surface area contributed by atoms with Crippen LogP contribution in [0.1, 0.15) is 6.92 Å². The number of hydrogen-bond donors (Lipinski definition) is 0. The average molecular weight is 244 g/mol. The monoisotopic (exact) mass is 244 g/mol. The van der Waals surface area contributed by atoms with Crippen molar-refractivity contribution in [2.75, 3.05) is 13.7 Å². The molecule has 0 N–H and O–H groups in total. The Hall–Kier alpha value is 0.190. The topological polar surface area (TPSA) is 21.7 Å².